The maximum Gasteiger partial charge on any atom is 0.356 e. The van der Waals surface area contributed by atoms with Crippen LogP contribution in [0.4, 0.5) is 11.5 Å². The van der Waals surface area contributed by atoms with E-state index in [-0.39, 0.29) is 5.69 Å². The van der Waals surface area contributed by atoms with E-state index in [1.165, 1.54) is 6.07 Å². The molecule has 5 nitrogen and oxygen atoms in total. The zero-order valence-electron chi connectivity index (χ0n) is 7.54. The Hall–Kier alpha value is -1.95. The van der Waals surface area contributed by atoms with Gasteiger partial charge < -0.3 is 10.4 Å². The van der Waals surface area contributed by atoms with Crippen molar-refractivity contribution in [3.63, 3.8) is 0 Å². The summed E-state index contributed by atoms with van der Waals surface area (Å²) in [6.07, 6.45) is 0. The van der Waals surface area contributed by atoms with Crippen LogP contribution in [0, 0.1) is 0 Å². The SMILES string of the molecule is O=C(O)c1ccc(Nc2ccsc2)nn1. The van der Waals surface area contributed by atoms with Crippen LogP contribution in [0.1, 0.15) is 10.5 Å². The number of carboxylic acids is 1. The Balaban J connectivity index is 2.14. The third-order valence-corrected chi connectivity index (χ3v) is 2.36. The molecule has 0 aliphatic rings. The number of rotatable bonds is 3. The lowest BCUT2D eigenvalue weighted by Crippen LogP contribution is -2.03. The molecule has 0 aliphatic heterocycles. The number of hydrogen-bond donors (Lipinski definition) is 2. The minimum absolute atomic E-state index is 0.0640. The molecule has 15 heavy (non-hydrogen) atoms. The second-order valence-corrected chi connectivity index (χ2v) is 3.53. The van der Waals surface area contributed by atoms with Gasteiger partial charge in [-0.1, -0.05) is 0 Å². The normalized spacial score (nSPS) is 9.87. The highest BCUT2D eigenvalue weighted by Gasteiger charge is 2.04. The summed E-state index contributed by atoms with van der Waals surface area (Å²) in [5.41, 5.74) is 0.850. The van der Waals surface area contributed by atoms with Gasteiger partial charge in [0.15, 0.2) is 11.5 Å². The van der Waals surface area contributed by atoms with Gasteiger partial charge in [0.2, 0.25) is 0 Å². The molecular formula is C9H7N3O2S. The predicted molar refractivity (Wildman–Crippen MR) is 56.6 cm³/mol. The number of thiophene rings is 1. The fourth-order valence-electron chi connectivity index (χ4n) is 0.996. The molecule has 2 N–H and O–H groups in total. The van der Waals surface area contributed by atoms with Gasteiger partial charge in [0.05, 0.1) is 5.69 Å². The van der Waals surface area contributed by atoms with E-state index in [0.717, 1.165) is 5.69 Å². The molecule has 2 aromatic rings. The smallest absolute Gasteiger partial charge is 0.356 e. The summed E-state index contributed by atoms with van der Waals surface area (Å²) in [5, 5.41) is 22.7. The van der Waals surface area contributed by atoms with Crippen molar-refractivity contribution in [2.75, 3.05) is 5.32 Å². The minimum atomic E-state index is -1.08. The third kappa shape index (κ3) is 2.29. The zero-order valence-corrected chi connectivity index (χ0v) is 8.36. The van der Waals surface area contributed by atoms with Crippen LogP contribution in [0.3, 0.4) is 0 Å². The van der Waals surface area contributed by atoms with Crippen molar-refractivity contribution < 1.29 is 9.90 Å². The van der Waals surface area contributed by atoms with Crippen LogP contribution in [0.2, 0.25) is 0 Å². The average Bonchev–Trinajstić information content (AvgIpc) is 2.71. The van der Waals surface area contributed by atoms with Crippen molar-refractivity contribution >= 4 is 28.8 Å². The Labute approximate surface area is 89.4 Å². The van der Waals surface area contributed by atoms with Gasteiger partial charge >= 0.3 is 5.97 Å². The lowest BCUT2D eigenvalue weighted by molar-refractivity contribution is 0.0689. The topological polar surface area (TPSA) is 75.1 Å². The molecule has 0 amide bonds. The van der Waals surface area contributed by atoms with Gasteiger partial charge in [0.1, 0.15) is 0 Å². The summed E-state index contributed by atoms with van der Waals surface area (Å²) in [6.45, 7) is 0. The zero-order chi connectivity index (χ0) is 10.7. The van der Waals surface area contributed by atoms with E-state index < -0.39 is 5.97 Å². The molecule has 6 heteroatoms. The first-order valence-corrected chi connectivity index (χ1v) is 5.06. The van der Waals surface area contributed by atoms with E-state index in [1.807, 2.05) is 16.8 Å². The minimum Gasteiger partial charge on any atom is -0.476 e. The largest absolute Gasteiger partial charge is 0.476 e. The summed E-state index contributed by atoms with van der Waals surface area (Å²) < 4.78 is 0. The van der Waals surface area contributed by atoms with Gasteiger partial charge in [-0.3, -0.25) is 0 Å². The monoisotopic (exact) mass is 221 g/mol. The predicted octanol–water partition coefficient (Wildman–Crippen LogP) is 1.98. The molecule has 2 rings (SSSR count). The van der Waals surface area contributed by atoms with E-state index in [2.05, 4.69) is 15.5 Å². The summed E-state index contributed by atoms with van der Waals surface area (Å²) in [4.78, 5) is 10.5. The molecule has 0 saturated carbocycles. The van der Waals surface area contributed by atoms with Gasteiger partial charge in [0, 0.05) is 5.38 Å². The molecule has 2 aromatic heterocycles. The standard InChI is InChI=1S/C9H7N3O2S/c13-9(14)7-1-2-8(12-11-7)10-6-3-4-15-5-6/h1-5H,(H,10,12)(H,13,14). The van der Waals surface area contributed by atoms with Gasteiger partial charge in [0.25, 0.3) is 0 Å². The number of aromatic nitrogens is 2. The van der Waals surface area contributed by atoms with E-state index in [4.69, 9.17) is 5.11 Å². The Bertz CT molecular complexity index is 453. The lowest BCUT2D eigenvalue weighted by Gasteiger charge is -2.01. The van der Waals surface area contributed by atoms with Gasteiger partial charge in [-0.15, -0.1) is 10.2 Å². The fourth-order valence-corrected chi connectivity index (χ4v) is 1.58. The number of nitrogens with zero attached hydrogens (tertiary/aromatic N) is 2. The van der Waals surface area contributed by atoms with Crippen molar-refractivity contribution in [1.29, 1.82) is 0 Å². The van der Waals surface area contributed by atoms with Crippen LogP contribution in [0.5, 0.6) is 0 Å². The Morgan fingerprint density at radius 2 is 2.20 bits per heavy atom. The maximum absolute atomic E-state index is 10.5. The molecule has 0 saturated heterocycles. The molecule has 0 atom stereocenters. The average molecular weight is 221 g/mol. The van der Waals surface area contributed by atoms with Gasteiger partial charge in [-0.2, -0.15) is 11.3 Å². The number of carbonyl (C=O) groups is 1. The number of nitrogens with one attached hydrogen (secondary N) is 1. The number of carboxylic acid groups (broad SMARTS) is 1. The molecule has 0 unspecified atom stereocenters. The van der Waals surface area contributed by atoms with Crippen LogP contribution < -0.4 is 5.32 Å². The van der Waals surface area contributed by atoms with Crippen molar-refractivity contribution in [3.05, 3.63) is 34.7 Å². The molecule has 0 bridgehead atoms. The van der Waals surface area contributed by atoms with E-state index in [9.17, 15) is 4.79 Å². The number of hydrogen-bond acceptors (Lipinski definition) is 5. The van der Waals surface area contributed by atoms with Crippen LogP contribution in [0.25, 0.3) is 0 Å². The molecule has 0 fully saturated rings. The highest BCUT2D eigenvalue weighted by molar-refractivity contribution is 7.08. The summed E-state index contributed by atoms with van der Waals surface area (Å²) in [6, 6.07) is 4.88. The van der Waals surface area contributed by atoms with E-state index in [0.29, 0.717) is 5.82 Å². The van der Waals surface area contributed by atoms with E-state index >= 15 is 0 Å². The van der Waals surface area contributed by atoms with Crippen LogP contribution >= 0.6 is 11.3 Å². The molecule has 0 radical (unpaired) electrons. The molecule has 0 spiro atoms. The highest BCUT2D eigenvalue weighted by Crippen LogP contribution is 2.16. The van der Waals surface area contributed by atoms with Crippen LogP contribution in [0.15, 0.2) is 29.0 Å². The quantitative estimate of drug-likeness (QED) is 0.828. The second-order valence-electron chi connectivity index (χ2n) is 2.75. The maximum atomic E-state index is 10.5. The van der Waals surface area contributed by atoms with Crippen molar-refractivity contribution in [3.8, 4) is 0 Å². The second kappa shape index (κ2) is 4.05. The molecule has 76 valence electrons. The first-order valence-electron chi connectivity index (χ1n) is 4.12. The van der Waals surface area contributed by atoms with E-state index in [1.54, 1.807) is 17.4 Å². The van der Waals surface area contributed by atoms with Crippen molar-refractivity contribution in [1.82, 2.24) is 10.2 Å². The molecule has 2 heterocycles. The first kappa shape index (κ1) is 9.60. The Kier molecular flexibility index (Phi) is 2.59. The summed E-state index contributed by atoms with van der Waals surface area (Å²) in [7, 11) is 0. The van der Waals surface area contributed by atoms with Crippen molar-refractivity contribution in [2.45, 2.75) is 0 Å². The lowest BCUT2D eigenvalue weighted by atomic mass is 10.4. The molecule has 0 aromatic carbocycles. The first-order chi connectivity index (χ1) is 7.25. The van der Waals surface area contributed by atoms with Crippen molar-refractivity contribution in [2.24, 2.45) is 0 Å². The van der Waals surface area contributed by atoms with Crippen LogP contribution in [-0.2, 0) is 0 Å². The summed E-state index contributed by atoms with van der Waals surface area (Å²) >= 11 is 1.56. The summed E-state index contributed by atoms with van der Waals surface area (Å²) in [5.74, 6) is -0.553. The number of aromatic carboxylic acids is 1. The Morgan fingerprint density at radius 1 is 1.33 bits per heavy atom. The Morgan fingerprint density at radius 3 is 2.73 bits per heavy atom. The molecular weight excluding hydrogens is 214 g/mol. The van der Waals surface area contributed by atoms with Crippen LogP contribution in [-0.4, -0.2) is 21.3 Å². The highest BCUT2D eigenvalue weighted by atomic mass is 32.1. The van der Waals surface area contributed by atoms with Gasteiger partial charge in [-0.25, -0.2) is 4.79 Å². The third-order valence-electron chi connectivity index (χ3n) is 1.68. The fraction of sp³-hybridized carbons (Fsp3) is 0. The molecule has 0 aliphatic carbocycles. The number of anilines is 2. The van der Waals surface area contributed by atoms with Gasteiger partial charge in [-0.05, 0) is 23.6 Å².